The Hall–Kier alpha value is -3.89. The van der Waals surface area contributed by atoms with E-state index in [1.54, 1.807) is 0 Å². The second-order valence-corrected chi connectivity index (χ2v) is 8.69. The predicted octanol–water partition coefficient (Wildman–Crippen LogP) is 8.72. The minimum absolute atomic E-state index is 0.481. The fraction of sp³-hybridized carbons (Fsp3) is 0.0333. The van der Waals surface area contributed by atoms with Crippen molar-refractivity contribution in [3.8, 4) is 17.2 Å². The number of rotatable bonds is 7. The zero-order valence-corrected chi connectivity index (χ0v) is 20.0. The van der Waals surface area contributed by atoms with Crippen molar-refractivity contribution in [2.45, 2.75) is 6.61 Å². The lowest BCUT2D eigenvalue weighted by Crippen LogP contribution is -1.99. The van der Waals surface area contributed by atoms with Gasteiger partial charge in [-0.3, -0.25) is 4.99 Å². The summed E-state index contributed by atoms with van der Waals surface area (Å²) in [6.07, 6.45) is 1.83. The highest BCUT2D eigenvalue weighted by molar-refractivity contribution is 9.10. The summed E-state index contributed by atoms with van der Waals surface area (Å²) in [6.45, 7) is 0.481. The highest BCUT2D eigenvalue weighted by atomic mass is 79.9. The van der Waals surface area contributed by atoms with Crippen LogP contribution in [0.4, 0.5) is 5.69 Å². The lowest BCUT2D eigenvalue weighted by Gasteiger charge is -2.11. The average Bonchev–Trinajstić information content (AvgIpc) is 2.88. The summed E-state index contributed by atoms with van der Waals surface area (Å²) in [7, 11) is 0. The third kappa shape index (κ3) is 5.36. The summed E-state index contributed by atoms with van der Waals surface area (Å²) >= 11 is 3.56. The molecule has 0 saturated heterocycles. The molecule has 0 aliphatic heterocycles. The molecule has 3 nitrogen and oxygen atoms in total. The Labute approximate surface area is 207 Å². The minimum Gasteiger partial charge on any atom is -0.488 e. The van der Waals surface area contributed by atoms with E-state index in [4.69, 9.17) is 9.47 Å². The lowest BCUT2D eigenvalue weighted by molar-refractivity contribution is 0.307. The van der Waals surface area contributed by atoms with Gasteiger partial charge in [-0.15, -0.1) is 0 Å². The van der Waals surface area contributed by atoms with Crippen molar-refractivity contribution >= 4 is 38.6 Å². The van der Waals surface area contributed by atoms with Gasteiger partial charge in [0.1, 0.15) is 23.9 Å². The van der Waals surface area contributed by atoms with Crippen molar-refractivity contribution in [2.75, 3.05) is 0 Å². The summed E-state index contributed by atoms with van der Waals surface area (Å²) in [5, 5.41) is 2.41. The maximum absolute atomic E-state index is 6.23. The van der Waals surface area contributed by atoms with Crippen LogP contribution in [0.15, 0.2) is 125 Å². The van der Waals surface area contributed by atoms with Gasteiger partial charge in [0.2, 0.25) is 0 Å². The fourth-order valence-corrected chi connectivity index (χ4v) is 4.07. The van der Waals surface area contributed by atoms with Gasteiger partial charge in [-0.25, -0.2) is 0 Å². The molecule has 34 heavy (non-hydrogen) atoms. The first-order valence-corrected chi connectivity index (χ1v) is 11.8. The highest BCUT2D eigenvalue weighted by Gasteiger charge is 2.06. The summed E-state index contributed by atoms with van der Waals surface area (Å²) < 4.78 is 13.1. The number of aliphatic imine (C=N–C) groups is 1. The predicted molar refractivity (Wildman–Crippen MR) is 143 cm³/mol. The van der Waals surface area contributed by atoms with Crippen molar-refractivity contribution in [2.24, 2.45) is 4.99 Å². The number of halogens is 1. The van der Waals surface area contributed by atoms with Gasteiger partial charge in [0.15, 0.2) is 0 Å². The summed E-state index contributed by atoms with van der Waals surface area (Å²) in [4.78, 5) is 4.65. The minimum atomic E-state index is 0.481. The number of benzene rings is 5. The first-order valence-electron chi connectivity index (χ1n) is 11.0. The van der Waals surface area contributed by atoms with Crippen LogP contribution in [-0.4, -0.2) is 6.21 Å². The number of hydrogen-bond donors (Lipinski definition) is 0. The standard InChI is InChI=1S/C30H22BrNO2/c31-25-13-18-30(33-21-23-9-6-8-22-7-4-5-12-29(22)23)24(19-25)20-32-26-14-16-28(17-15-26)34-27-10-2-1-3-11-27/h1-20H,21H2. The zero-order chi connectivity index (χ0) is 23.2. The molecule has 0 fully saturated rings. The second kappa shape index (κ2) is 10.4. The number of fused-ring (bicyclic) bond motifs is 1. The summed E-state index contributed by atoms with van der Waals surface area (Å²) in [6, 6.07) is 38.0. The molecule has 0 radical (unpaired) electrons. The SMILES string of the molecule is Brc1ccc(OCc2cccc3ccccc23)c(C=Nc2ccc(Oc3ccccc3)cc2)c1. The van der Waals surface area contributed by atoms with Crippen LogP contribution in [0.25, 0.3) is 10.8 Å². The largest absolute Gasteiger partial charge is 0.488 e. The number of nitrogens with zero attached hydrogens (tertiary/aromatic N) is 1. The smallest absolute Gasteiger partial charge is 0.128 e. The van der Waals surface area contributed by atoms with E-state index >= 15 is 0 Å². The molecule has 4 heteroatoms. The molecule has 5 aromatic carbocycles. The highest BCUT2D eigenvalue weighted by Crippen LogP contribution is 2.27. The Morgan fingerprint density at radius 3 is 2.29 bits per heavy atom. The molecule has 0 unspecified atom stereocenters. The Balaban J connectivity index is 1.31. The van der Waals surface area contributed by atoms with E-state index < -0.39 is 0 Å². The molecule has 0 amide bonds. The van der Waals surface area contributed by atoms with Crippen LogP contribution in [0.5, 0.6) is 17.2 Å². The Bertz CT molecular complexity index is 1420. The first-order chi connectivity index (χ1) is 16.7. The summed E-state index contributed by atoms with van der Waals surface area (Å²) in [5.74, 6) is 2.36. The van der Waals surface area contributed by atoms with Gasteiger partial charge in [-0.05, 0) is 70.9 Å². The molecule has 0 atom stereocenters. The van der Waals surface area contributed by atoms with E-state index in [0.717, 1.165) is 38.5 Å². The molecule has 0 aromatic heterocycles. The van der Waals surface area contributed by atoms with Crippen LogP contribution in [0.3, 0.4) is 0 Å². The molecule has 0 bridgehead atoms. The van der Waals surface area contributed by atoms with Crippen molar-refractivity contribution < 1.29 is 9.47 Å². The molecule has 0 heterocycles. The molecular formula is C30H22BrNO2. The number of ether oxygens (including phenoxy) is 2. The van der Waals surface area contributed by atoms with Gasteiger partial charge < -0.3 is 9.47 Å². The number of hydrogen-bond acceptors (Lipinski definition) is 3. The molecule has 0 aliphatic carbocycles. The van der Waals surface area contributed by atoms with Crippen LogP contribution in [0.1, 0.15) is 11.1 Å². The van der Waals surface area contributed by atoms with E-state index in [0.29, 0.717) is 6.61 Å². The van der Waals surface area contributed by atoms with Crippen LogP contribution in [0, 0.1) is 0 Å². The van der Waals surface area contributed by atoms with Crippen LogP contribution >= 0.6 is 15.9 Å². The van der Waals surface area contributed by atoms with Gasteiger partial charge in [0.05, 0.1) is 5.69 Å². The number of para-hydroxylation sites is 1. The monoisotopic (exact) mass is 507 g/mol. The molecular weight excluding hydrogens is 486 g/mol. The second-order valence-electron chi connectivity index (χ2n) is 7.78. The van der Waals surface area contributed by atoms with Gasteiger partial charge in [0, 0.05) is 16.3 Å². The average molecular weight is 508 g/mol. The Morgan fingerprint density at radius 1 is 0.706 bits per heavy atom. The van der Waals surface area contributed by atoms with Crippen molar-refractivity contribution in [1.82, 2.24) is 0 Å². The Morgan fingerprint density at radius 2 is 1.44 bits per heavy atom. The maximum Gasteiger partial charge on any atom is 0.128 e. The van der Waals surface area contributed by atoms with Gasteiger partial charge in [-0.1, -0.05) is 76.6 Å². The Kier molecular flexibility index (Phi) is 6.68. The van der Waals surface area contributed by atoms with Crippen molar-refractivity contribution in [3.63, 3.8) is 0 Å². The van der Waals surface area contributed by atoms with E-state index in [2.05, 4.69) is 63.4 Å². The van der Waals surface area contributed by atoms with Gasteiger partial charge >= 0.3 is 0 Å². The molecule has 0 N–H and O–H groups in total. The molecule has 5 aromatic rings. The van der Waals surface area contributed by atoms with Crippen LogP contribution in [-0.2, 0) is 6.61 Å². The normalized spacial score (nSPS) is 11.1. The van der Waals surface area contributed by atoms with Crippen LogP contribution < -0.4 is 9.47 Å². The molecule has 0 aliphatic rings. The van der Waals surface area contributed by atoms with E-state index in [1.165, 1.54) is 10.8 Å². The zero-order valence-electron chi connectivity index (χ0n) is 18.4. The third-order valence-corrected chi connectivity index (χ3v) is 5.90. The van der Waals surface area contributed by atoms with E-state index in [1.807, 2.05) is 79.0 Å². The van der Waals surface area contributed by atoms with Crippen molar-refractivity contribution in [1.29, 1.82) is 0 Å². The lowest BCUT2D eigenvalue weighted by atomic mass is 10.1. The summed E-state index contributed by atoms with van der Waals surface area (Å²) in [5.41, 5.74) is 2.89. The maximum atomic E-state index is 6.23. The van der Waals surface area contributed by atoms with E-state index in [9.17, 15) is 0 Å². The first kappa shape index (κ1) is 21.9. The van der Waals surface area contributed by atoms with E-state index in [-0.39, 0.29) is 0 Å². The molecule has 0 spiro atoms. The topological polar surface area (TPSA) is 30.8 Å². The molecule has 0 saturated carbocycles. The van der Waals surface area contributed by atoms with Crippen molar-refractivity contribution in [3.05, 3.63) is 131 Å². The molecule has 5 rings (SSSR count). The van der Waals surface area contributed by atoms with Gasteiger partial charge in [-0.2, -0.15) is 0 Å². The fourth-order valence-electron chi connectivity index (χ4n) is 3.69. The quantitative estimate of drug-likeness (QED) is 0.206. The molecule has 166 valence electrons. The van der Waals surface area contributed by atoms with Crippen LogP contribution in [0.2, 0.25) is 0 Å². The third-order valence-electron chi connectivity index (χ3n) is 5.40. The van der Waals surface area contributed by atoms with Gasteiger partial charge in [0.25, 0.3) is 0 Å².